The first-order valence-electron chi connectivity index (χ1n) is 4.03. The smallest absolute Gasteiger partial charge is 0.257 e. The molecular formula is C8H10N4O2. The summed E-state index contributed by atoms with van der Waals surface area (Å²) in [6.45, 7) is 2.57. The lowest BCUT2D eigenvalue weighted by Gasteiger charge is -2.22. The van der Waals surface area contributed by atoms with Crippen LogP contribution in [0.1, 0.15) is 6.92 Å². The molecule has 1 atom stereocenters. The van der Waals surface area contributed by atoms with Crippen molar-refractivity contribution in [1.29, 1.82) is 5.53 Å². The number of nitrogens with one attached hydrogen (secondary N) is 1. The summed E-state index contributed by atoms with van der Waals surface area (Å²) in [5.74, 6) is 1.34. The van der Waals surface area contributed by atoms with Crippen LogP contribution < -0.4 is 9.47 Å². The van der Waals surface area contributed by atoms with Gasteiger partial charge in [-0.25, -0.2) is 4.98 Å². The third-order valence-electron chi connectivity index (χ3n) is 1.52. The van der Waals surface area contributed by atoms with Gasteiger partial charge in [0.2, 0.25) is 0 Å². The van der Waals surface area contributed by atoms with Crippen LogP contribution in [0.4, 0.5) is 0 Å². The summed E-state index contributed by atoms with van der Waals surface area (Å²) in [6.07, 6.45) is 1.80. The van der Waals surface area contributed by atoms with E-state index in [0.717, 1.165) is 5.75 Å². The van der Waals surface area contributed by atoms with E-state index in [4.69, 9.17) is 20.5 Å². The van der Waals surface area contributed by atoms with Crippen LogP contribution >= 0.6 is 0 Å². The number of hydrogen-bond donors (Lipinski definition) is 1. The summed E-state index contributed by atoms with van der Waals surface area (Å²) in [6, 6.07) is 3.69. The molecule has 74 valence electrons. The molecule has 0 bridgehead atoms. The Labute approximate surface area is 80.9 Å². The van der Waals surface area contributed by atoms with Crippen LogP contribution in [0, 0.1) is 5.53 Å². The Morgan fingerprint density at radius 3 is 3.14 bits per heavy atom. The number of pyridine rings is 1. The van der Waals surface area contributed by atoms with Gasteiger partial charge in [0.05, 0.1) is 0 Å². The zero-order chi connectivity index (χ0) is 10.4. The Kier molecular flexibility index (Phi) is 3.58. The number of nitrogens with zero attached hydrogens (tertiary/aromatic N) is 3. The number of ether oxygens (including phenoxy) is 2. The molecule has 2 rings (SSSR count). The molecule has 1 aromatic heterocycles. The van der Waals surface area contributed by atoms with Gasteiger partial charge in [-0.15, -0.1) is 5.53 Å². The minimum absolute atomic E-state index is 0.109. The molecule has 6 nitrogen and oxygen atoms in total. The molecule has 0 aliphatic carbocycles. The maximum Gasteiger partial charge on any atom is 0.257 e. The van der Waals surface area contributed by atoms with Crippen LogP contribution in [0.25, 0.3) is 10.4 Å². The minimum atomic E-state index is 0.109. The van der Waals surface area contributed by atoms with E-state index in [0.29, 0.717) is 12.5 Å². The predicted molar refractivity (Wildman–Crippen MR) is 49.3 cm³/mol. The largest absolute Gasteiger partial charge is 0.484 e. The van der Waals surface area contributed by atoms with Gasteiger partial charge in [0.15, 0.2) is 5.75 Å². The van der Waals surface area contributed by atoms with E-state index in [9.17, 15) is 0 Å². The third-order valence-corrected chi connectivity index (χ3v) is 1.52. The van der Waals surface area contributed by atoms with Crippen LogP contribution in [-0.2, 0) is 0 Å². The van der Waals surface area contributed by atoms with E-state index < -0.39 is 0 Å². The van der Waals surface area contributed by atoms with Gasteiger partial charge in [-0.3, -0.25) is 0 Å². The van der Waals surface area contributed by atoms with Crippen molar-refractivity contribution >= 4 is 0 Å². The van der Waals surface area contributed by atoms with Gasteiger partial charge in [-0.1, -0.05) is 0 Å². The molecule has 0 saturated heterocycles. The summed E-state index contributed by atoms with van der Waals surface area (Å²) in [7, 11) is 0. The second-order valence-corrected chi connectivity index (χ2v) is 2.65. The van der Waals surface area contributed by atoms with E-state index in [1.165, 1.54) is 0 Å². The topological polar surface area (TPSA) is 91.6 Å². The Hall–Kier alpha value is -1.94. The second-order valence-electron chi connectivity index (χ2n) is 2.65. The minimum Gasteiger partial charge on any atom is -0.484 e. The van der Waals surface area contributed by atoms with Crippen LogP contribution in [0.5, 0.6) is 11.6 Å². The van der Waals surface area contributed by atoms with E-state index in [1.54, 1.807) is 11.1 Å². The molecule has 1 aromatic rings. The first-order chi connectivity index (χ1) is 6.77. The Morgan fingerprint density at radius 1 is 1.71 bits per heavy atom. The highest BCUT2D eigenvalue weighted by molar-refractivity contribution is 5.33. The van der Waals surface area contributed by atoms with Gasteiger partial charge < -0.3 is 9.47 Å². The van der Waals surface area contributed by atoms with Crippen molar-refractivity contribution in [3.05, 3.63) is 28.8 Å². The van der Waals surface area contributed by atoms with Gasteiger partial charge in [0, 0.05) is 6.20 Å². The number of hydrogen-bond acceptors (Lipinski definition) is 4. The van der Waals surface area contributed by atoms with Gasteiger partial charge in [-0.2, -0.15) is 0 Å². The van der Waals surface area contributed by atoms with Gasteiger partial charge in [-0.05, 0) is 29.5 Å². The monoisotopic (exact) mass is 194 g/mol. The SMILES string of the molecule is CC1COc2cccnc2O1.[N-]=[N+]=N. The number of aromatic nitrogens is 1. The predicted octanol–water partition coefficient (Wildman–Crippen LogP) is 2.12. The van der Waals surface area contributed by atoms with Crippen molar-refractivity contribution in [2.24, 2.45) is 0 Å². The molecule has 6 heteroatoms. The number of rotatable bonds is 0. The molecule has 0 saturated carbocycles. The fourth-order valence-corrected chi connectivity index (χ4v) is 1.01. The lowest BCUT2D eigenvalue weighted by molar-refractivity contribution is 0.0978. The molecule has 1 N–H and O–H groups in total. The molecular weight excluding hydrogens is 184 g/mol. The van der Waals surface area contributed by atoms with Crippen molar-refractivity contribution in [3.63, 3.8) is 0 Å². The summed E-state index contributed by atoms with van der Waals surface area (Å²) in [5, 5.41) is 0. The zero-order valence-corrected chi connectivity index (χ0v) is 7.67. The molecule has 0 radical (unpaired) electrons. The second kappa shape index (κ2) is 4.94. The van der Waals surface area contributed by atoms with Crippen LogP contribution in [0.15, 0.2) is 18.3 Å². The molecule has 0 aromatic carbocycles. The Morgan fingerprint density at radius 2 is 2.43 bits per heavy atom. The van der Waals surface area contributed by atoms with Crippen molar-refractivity contribution in [2.75, 3.05) is 6.61 Å². The Balaban J connectivity index is 0.000000293. The van der Waals surface area contributed by atoms with E-state index in [1.807, 2.05) is 19.1 Å². The average molecular weight is 194 g/mol. The standard InChI is InChI=1S/C8H9NO2.HN3/c1-6-5-10-7-3-2-4-9-8(7)11-6;1-3-2/h2-4,6H,5H2,1H3;1H. The van der Waals surface area contributed by atoms with E-state index in [-0.39, 0.29) is 6.10 Å². The molecule has 14 heavy (non-hydrogen) atoms. The number of fused-ring (bicyclic) bond motifs is 1. The fraction of sp³-hybridized carbons (Fsp3) is 0.375. The highest BCUT2D eigenvalue weighted by Gasteiger charge is 2.16. The van der Waals surface area contributed by atoms with Gasteiger partial charge in [0.25, 0.3) is 5.88 Å². The molecule has 0 fully saturated rings. The first-order valence-corrected chi connectivity index (χ1v) is 4.03. The van der Waals surface area contributed by atoms with Gasteiger partial charge in [0.1, 0.15) is 12.7 Å². The third kappa shape index (κ3) is 2.53. The molecule has 1 aliphatic rings. The summed E-state index contributed by atoms with van der Waals surface area (Å²) < 4.78 is 10.7. The first kappa shape index (κ1) is 10.1. The molecule has 2 heterocycles. The lowest BCUT2D eigenvalue weighted by Crippen LogP contribution is -2.26. The van der Waals surface area contributed by atoms with Crippen molar-refractivity contribution in [2.45, 2.75) is 13.0 Å². The quantitative estimate of drug-likeness (QED) is 0.389. The lowest BCUT2D eigenvalue weighted by atomic mass is 10.3. The fourth-order valence-electron chi connectivity index (χ4n) is 1.01. The molecule has 0 spiro atoms. The Bertz CT molecular complexity index is 336. The highest BCUT2D eigenvalue weighted by atomic mass is 16.6. The van der Waals surface area contributed by atoms with Crippen LogP contribution in [-0.4, -0.2) is 17.7 Å². The molecule has 1 aliphatic heterocycles. The molecule has 1 unspecified atom stereocenters. The van der Waals surface area contributed by atoms with E-state index >= 15 is 0 Å². The van der Waals surface area contributed by atoms with Crippen molar-refractivity contribution in [3.8, 4) is 11.6 Å². The molecule has 0 amide bonds. The normalized spacial score (nSPS) is 17.4. The average Bonchev–Trinajstić information content (AvgIpc) is 2.19. The summed E-state index contributed by atoms with van der Waals surface area (Å²) >= 11 is 0. The van der Waals surface area contributed by atoms with Crippen molar-refractivity contribution in [1.82, 2.24) is 4.98 Å². The zero-order valence-electron chi connectivity index (χ0n) is 7.67. The summed E-state index contributed by atoms with van der Waals surface area (Å²) in [5.41, 5.74) is 12.2. The van der Waals surface area contributed by atoms with Crippen molar-refractivity contribution < 1.29 is 9.47 Å². The maximum atomic E-state index is 6.86. The van der Waals surface area contributed by atoms with Gasteiger partial charge >= 0.3 is 0 Å². The van der Waals surface area contributed by atoms with E-state index in [2.05, 4.69) is 4.98 Å². The van der Waals surface area contributed by atoms with Crippen LogP contribution in [0.3, 0.4) is 0 Å². The van der Waals surface area contributed by atoms with Crippen LogP contribution in [0.2, 0.25) is 0 Å². The highest BCUT2D eigenvalue weighted by Crippen LogP contribution is 2.27. The summed E-state index contributed by atoms with van der Waals surface area (Å²) in [4.78, 5) is 5.77. The maximum absolute atomic E-state index is 6.86.